The number of piperidine rings is 2. The third-order valence-electron chi connectivity index (χ3n) is 4.92. The summed E-state index contributed by atoms with van der Waals surface area (Å²) >= 11 is 0. The first-order chi connectivity index (χ1) is 9.75. The fraction of sp³-hybridized carbons (Fsp3) is 0.706. The van der Waals surface area contributed by atoms with Crippen molar-refractivity contribution >= 4 is 5.82 Å². The maximum Gasteiger partial charge on any atom is 0.128 e. The molecular weight excluding hydrogens is 246 g/mol. The number of anilines is 1. The molecule has 2 fully saturated rings. The van der Waals surface area contributed by atoms with E-state index in [0.717, 1.165) is 0 Å². The molecule has 0 N–H and O–H groups in total. The van der Waals surface area contributed by atoms with Crippen LogP contribution in [-0.2, 0) is 0 Å². The average molecular weight is 273 g/mol. The number of pyridine rings is 1. The molecule has 2 aliphatic heterocycles. The summed E-state index contributed by atoms with van der Waals surface area (Å²) in [5, 5.41) is 0. The fourth-order valence-electron chi connectivity index (χ4n) is 3.68. The highest BCUT2D eigenvalue weighted by molar-refractivity contribution is 5.42. The molecule has 0 spiro atoms. The predicted molar refractivity (Wildman–Crippen MR) is 84.3 cm³/mol. The first-order valence-corrected chi connectivity index (χ1v) is 8.18. The second-order valence-corrected chi connectivity index (χ2v) is 6.38. The van der Waals surface area contributed by atoms with Gasteiger partial charge in [-0.2, -0.15) is 0 Å². The van der Waals surface area contributed by atoms with Crippen molar-refractivity contribution in [3.63, 3.8) is 0 Å². The van der Waals surface area contributed by atoms with Crippen molar-refractivity contribution in [2.24, 2.45) is 0 Å². The van der Waals surface area contributed by atoms with Crippen LogP contribution < -0.4 is 4.90 Å². The number of hydrogen-bond donors (Lipinski definition) is 0. The largest absolute Gasteiger partial charge is 0.357 e. The quantitative estimate of drug-likeness (QED) is 0.821. The molecule has 0 bridgehead atoms. The lowest BCUT2D eigenvalue weighted by Crippen LogP contribution is -2.32. The van der Waals surface area contributed by atoms with Gasteiger partial charge in [-0.25, -0.2) is 4.98 Å². The molecule has 110 valence electrons. The Labute approximate surface area is 123 Å². The monoisotopic (exact) mass is 273 g/mol. The van der Waals surface area contributed by atoms with Gasteiger partial charge in [0.25, 0.3) is 0 Å². The number of aryl methyl sites for hydroxylation is 1. The van der Waals surface area contributed by atoms with E-state index in [4.69, 9.17) is 4.98 Å². The second-order valence-electron chi connectivity index (χ2n) is 6.38. The summed E-state index contributed by atoms with van der Waals surface area (Å²) in [5.74, 6) is 1.18. The van der Waals surface area contributed by atoms with E-state index in [-0.39, 0.29) is 0 Å². The van der Waals surface area contributed by atoms with E-state index in [1.807, 2.05) is 0 Å². The molecule has 2 saturated heterocycles. The normalized spacial score (nSPS) is 24.9. The fourth-order valence-corrected chi connectivity index (χ4v) is 3.68. The van der Waals surface area contributed by atoms with Gasteiger partial charge in [-0.05, 0) is 64.3 Å². The minimum Gasteiger partial charge on any atom is -0.357 e. The third kappa shape index (κ3) is 2.83. The van der Waals surface area contributed by atoms with E-state index in [1.54, 1.807) is 0 Å². The van der Waals surface area contributed by atoms with Gasteiger partial charge in [0, 0.05) is 24.8 Å². The summed E-state index contributed by atoms with van der Waals surface area (Å²) in [6.45, 7) is 5.76. The molecular formula is C17H27N3. The van der Waals surface area contributed by atoms with Crippen molar-refractivity contribution in [1.82, 2.24) is 9.88 Å². The number of likely N-dealkylation sites (tertiary alicyclic amines) is 1. The maximum absolute atomic E-state index is 4.91. The molecule has 20 heavy (non-hydrogen) atoms. The number of rotatable bonds is 2. The Kier molecular flexibility index (Phi) is 4.25. The predicted octanol–water partition coefficient (Wildman–Crippen LogP) is 3.54. The molecule has 0 aliphatic carbocycles. The Bertz CT molecular complexity index is 452. The van der Waals surface area contributed by atoms with Crippen LogP contribution in [0.25, 0.3) is 0 Å². The Balaban J connectivity index is 1.79. The summed E-state index contributed by atoms with van der Waals surface area (Å²) < 4.78 is 0. The highest BCUT2D eigenvalue weighted by Crippen LogP contribution is 2.32. The van der Waals surface area contributed by atoms with Gasteiger partial charge in [-0.15, -0.1) is 0 Å². The van der Waals surface area contributed by atoms with Crippen LogP contribution in [0.4, 0.5) is 5.82 Å². The van der Waals surface area contributed by atoms with E-state index in [2.05, 4.69) is 35.9 Å². The molecule has 3 nitrogen and oxygen atoms in total. The molecule has 1 aromatic heterocycles. The van der Waals surface area contributed by atoms with Crippen LogP contribution in [0.15, 0.2) is 12.1 Å². The van der Waals surface area contributed by atoms with E-state index in [9.17, 15) is 0 Å². The van der Waals surface area contributed by atoms with Crippen molar-refractivity contribution < 1.29 is 0 Å². The second kappa shape index (κ2) is 6.13. The lowest BCUT2D eigenvalue weighted by atomic mass is 9.95. The summed E-state index contributed by atoms with van der Waals surface area (Å²) in [5.41, 5.74) is 2.67. The molecule has 1 aromatic rings. The van der Waals surface area contributed by atoms with E-state index in [1.165, 1.54) is 75.2 Å². The molecule has 0 unspecified atom stereocenters. The topological polar surface area (TPSA) is 19.4 Å². The van der Waals surface area contributed by atoms with Crippen LogP contribution in [0.2, 0.25) is 0 Å². The van der Waals surface area contributed by atoms with E-state index in [0.29, 0.717) is 6.04 Å². The Morgan fingerprint density at radius 1 is 1.00 bits per heavy atom. The van der Waals surface area contributed by atoms with E-state index >= 15 is 0 Å². The molecule has 0 saturated carbocycles. The summed E-state index contributed by atoms with van der Waals surface area (Å²) in [6.07, 6.45) is 7.97. The van der Waals surface area contributed by atoms with Crippen LogP contribution in [-0.4, -0.2) is 36.6 Å². The van der Waals surface area contributed by atoms with Gasteiger partial charge in [-0.1, -0.05) is 12.5 Å². The van der Waals surface area contributed by atoms with Gasteiger partial charge < -0.3 is 4.90 Å². The van der Waals surface area contributed by atoms with Gasteiger partial charge in [0.1, 0.15) is 5.82 Å². The van der Waals surface area contributed by atoms with Crippen molar-refractivity contribution in [2.75, 3.05) is 31.6 Å². The van der Waals surface area contributed by atoms with Crippen molar-refractivity contribution in [3.8, 4) is 0 Å². The van der Waals surface area contributed by atoms with Gasteiger partial charge >= 0.3 is 0 Å². The summed E-state index contributed by atoms with van der Waals surface area (Å²) in [7, 11) is 2.25. The Morgan fingerprint density at radius 2 is 1.75 bits per heavy atom. The third-order valence-corrected chi connectivity index (χ3v) is 4.92. The summed E-state index contributed by atoms with van der Waals surface area (Å²) in [6, 6.07) is 5.15. The smallest absolute Gasteiger partial charge is 0.128 e. The zero-order valence-electron chi connectivity index (χ0n) is 12.9. The van der Waals surface area contributed by atoms with E-state index < -0.39 is 0 Å². The van der Waals surface area contributed by atoms with Crippen LogP contribution in [0, 0.1) is 6.92 Å². The zero-order chi connectivity index (χ0) is 13.9. The zero-order valence-corrected chi connectivity index (χ0v) is 12.9. The van der Waals surface area contributed by atoms with Crippen molar-refractivity contribution in [1.29, 1.82) is 0 Å². The standard InChI is InChI=1S/C17H27N3/c1-14-15(16-8-4-7-11-19(16)2)9-10-17(18-14)20-12-5-3-6-13-20/h9-10,16H,3-8,11-13H2,1-2H3/t16-/m1/s1. The van der Waals surface area contributed by atoms with Gasteiger partial charge in [-0.3, -0.25) is 4.90 Å². The molecule has 0 aromatic carbocycles. The van der Waals surface area contributed by atoms with Gasteiger partial charge in [0.15, 0.2) is 0 Å². The van der Waals surface area contributed by atoms with Crippen molar-refractivity contribution in [2.45, 2.75) is 51.5 Å². The van der Waals surface area contributed by atoms with Crippen LogP contribution >= 0.6 is 0 Å². The highest BCUT2D eigenvalue weighted by atomic mass is 15.2. The minimum atomic E-state index is 0.576. The number of nitrogens with zero attached hydrogens (tertiary/aromatic N) is 3. The lowest BCUT2D eigenvalue weighted by molar-refractivity contribution is 0.186. The molecule has 1 atom stereocenters. The SMILES string of the molecule is Cc1nc(N2CCCCC2)ccc1[C@H]1CCCCN1C. The Hall–Kier alpha value is -1.09. The van der Waals surface area contributed by atoms with Gasteiger partial charge in [0.2, 0.25) is 0 Å². The highest BCUT2D eigenvalue weighted by Gasteiger charge is 2.23. The molecule has 2 aliphatic rings. The number of hydrogen-bond acceptors (Lipinski definition) is 3. The minimum absolute atomic E-state index is 0.576. The number of aromatic nitrogens is 1. The summed E-state index contributed by atoms with van der Waals surface area (Å²) in [4.78, 5) is 9.85. The van der Waals surface area contributed by atoms with Crippen LogP contribution in [0.3, 0.4) is 0 Å². The Morgan fingerprint density at radius 3 is 2.45 bits per heavy atom. The first-order valence-electron chi connectivity index (χ1n) is 8.18. The van der Waals surface area contributed by atoms with Gasteiger partial charge in [0.05, 0.1) is 0 Å². The maximum atomic E-state index is 4.91. The molecule has 3 rings (SSSR count). The molecule has 0 radical (unpaired) electrons. The molecule has 3 heteroatoms. The molecule has 0 amide bonds. The first kappa shape index (κ1) is 13.9. The average Bonchev–Trinajstić information content (AvgIpc) is 2.49. The van der Waals surface area contributed by atoms with Crippen LogP contribution in [0.1, 0.15) is 55.8 Å². The molecule has 3 heterocycles. The van der Waals surface area contributed by atoms with Crippen molar-refractivity contribution in [3.05, 3.63) is 23.4 Å². The van der Waals surface area contributed by atoms with Crippen LogP contribution in [0.5, 0.6) is 0 Å². The lowest BCUT2D eigenvalue weighted by Gasteiger charge is -2.34.